The summed E-state index contributed by atoms with van der Waals surface area (Å²) in [7, 11) is 0. The third-order valence-corrected chi connectivity index (χ3v) is 9.55. The van der Waals surface area contributed by atoms with Gasteiger partial charge in [0.1, 0.15) is 0 Å². The Labute approximate surface area is 203 Å². The van der Waals surface area contributed by atoms with E-state index in [-0.39, 0.29) is 21.7 Å². The molecule has 0 N–H and O–H groups in total. The molecule has 0 radical (unpaired) electrons. The highest BCUT2D eigenvalue weighted by Gasteiger charge is 2.59. The van der Waals surface area contributed by atoms with E-state index in [1.165, 1.54) is 41.6 Å². The predicted octanol–water partition coefficient (Wildman–Crippen LogP) is 9.46. The summed E-state index contributed by atoms with van der Waals surface area (Å²) in [6.45, 7) is 24.3. The zero-order valence-corrected chi connectivity index (χ0v) is 22.7. The van der Waals surface area contributed by atoms with Gasteiger partial charge in [-0.15, -0.1) is 0 Å². The van der Waals surface area contributed by atoms with Crippen LogP contribution in [0, 0.1) is 33.5 Å². The molecule has 5 rings (SSSR count). The van der Waals surface area contributed by atoms with Crippen LogP contribution in [0.15, 0.2) is 81.0 Å². The van der Waals surface area contributed by atoms with Gasteiger partial charge in [-0.2, -0.15) is 0 Å². The average molecular weight is 441 g/mol. The zero-order valence-electron chi connectivity index (χ0n) is 22.7. The summed E-state index contributed by atoms with van der Waals surface area (Å²) in [6, 6.07) is 0. The maximum Gasteiger partial charge on any atom is 0.0312 e. The molecule has 0 bridgehead atoms. The Morgan fingerprint density at radius 3 is 1.33 bits per heavy atom. The summed E-state index contributed by atoms with van der Waals surface area (Å²) in [5.74, 6) is 1.47. The van der Waals surface area contributed by atoms with E-state index in [0.717, 1.165) is 11.8 Å². The van der Waals surface area contributed by atoms with Gasteiger partial charge in [0.2, 0.25) is 0 Å². The number of rotatable bonds is 0. The van der Waals surface area contributed by atoms with Gasteiger partial charge in [0.15, 0.2) is 0 Å². The average Bonchev–Trinajstić information content (AvgIpc) is 2.82. The highest BCUT2D eigenvalue weighted by molar-refractivity contribution is 5.72. The van der Waals surface area contributed by atoms with Gasteiger partial charge in [-0.05, 0) is 86.5 Å². The van der Waals surface area contributed by atoms with Crippen molar-refractivity contribution in [3.63, 3.8) is 0 Å². The number of hydrogen-bond donors (Lipinski definition) is 0. The van der Waals surface area contributed by atoms with Gasteiger partial charge in [0.05, 0.1) is 0 Å². The summed E-state index contributed by atoms with van der Waals surface area (Å²) < 4.78 is 0. The van der Waals surface area contributed by atoms with Crippen LogP contribution in [0.3, 0.4) is 0 Å². The van der Waals surface area contributed by atoms with Crippen molar-refractivity contribution < 1.29 is 0 Å². The molecular formula is C33H44. The molecule has 0 saturated heterocycles. The number of fused-ring (bicyclic) bond motifs is 1. The third-order valence-electron chi connectivity index (χ3n) is 9.55. The lowest BCUT2D eigenvalue weighted by Crippen LogP contribution is -2.49. The van der Waals surface area contributed by atoms with E-state index in [9.17, 15) is 0 Å². The first-order chi connectivity index (χ1) is 15.2. The van der Waals surface area contributed by atoms with Crippen molar-refractivity contribution >= 4 is 0 Å². The van der Waals surface area contributed by atoms with Crippen LogP contribution in [0.25, 0.3) is 0 Å². The minimum atomic E-state index is -0.0102. The van der Waals surface area contributed by atoms with Gasteiger partial charge in [-0.3, -0.25) is 0 Å². The van der Waals surface area contributed by atoms with Crippen molar-refractivity contribution in [2.45, 2.75) is 88.5 Å². The molecule has 5 aliphatic carbocycles. The molecular weight excluding hydrogens is 396 g/mol. The van der Waals surface area contributed by atoms with E-state index in [1.807, 2.05) is 0 Å². The first-order valence-corrected chi connectivity index (χ1v) is 13.2. The molecule has 0 heteroatoms. The normalized spacial score (nSPS) is 35.8. The molecule has 0 aromatic rings. The molecule has 5 aliphatic rings. The second kappa shape index (κ2) is 6.87. The Morgan fingerprint density at radius 2 is 1.00 bits per heavy atom. The molecule has 33 heavy (non-hydrogen) atoms. The topological polar surface area (TPSA) is 0 Å². The Bertz CT molecular complexity index is 1050. The summed E-state index contributed by atoms with van der Waals surface area (Å²) in [4.78, 5) is 0. The maximum absolute atomic E-state index is 2.61. The standard InChI is InChI=1S/C33H44/c1-20-13-21(2)15-27-26(14-20)28-18-24(30(3,4)5)16-22-11-12-23-17-25(31(6,7)8)19-29(27)33(23,10)32(22,28)9/h11-12,16-21H,13-15H2,1-10H3/t20?,21?,32-,33-/m0/s1. The SMILES string of the molecule is CC1CC2=C3C=C(C(C)(C)C)C=C4C=CC5=CC(C(C)(C)C)=CC(=C2CC(C)C1)[C@@]5(C)[C@@]43C. The Kier molecular flexibility index (Phi) is 4.77. The fraction of sp³-hybridized carbons (Fsp3) is 0.576. The van der Waals surface area contributed by atoms with E-state index < -0.39 is 0 Å². The fourth-order valence-electron chi connectivity index (χ4n) is 7.33. The van der Waals surface area contributed by atoms with Crippen molar-refractivity contribution in [1.29, 1.82) is 0 Å². The lowest BCUT2D eigenvalue weighted by atomic mass is 9.43. The van der Waals surface area contributed by atoms with E-state index in [2.05, 4.69) is 106 Å². The number of hydrogen-bond acceptors (Lipinski definition) is 0. The van der Waals surface area contributed by atoms with Gasteiger partial charge in [-0.1, -0.05) is 106 Å². The van der Waals surface area contributed by atoms with Crippen molar-refractivity contribution in [3.05, 3.63) is 81.0 Å². The minimum absolute atomic E-state index is 0.0102. The van der Waals surface area contributed by atoms with Crippen LogP contribution in [0.2, 0.25) is 0 Å². The summed E-state index contributed by atoms with van der Waals surface area (Å²) in [6.07, 6.45) is 18.9. The summed E-state index contributed by atoms with van der Waals surface area (Å²) in [5.41, 5.74) is 12.8. The van der Waals surface area contributed by atoms with Crippen LogP contribution < -0.4 is 0 Å². The van der Waals surface area contributed by atoms with Crippen LogP contribution in [-0.2, 0) is 0 Å². The molecule has 0 nitrogen and oxygen atoms in total. The van der Waals surface area contributed by atoms with Crippen LogP contribution >= 0.6 is 0 Å². The summed E-state index contributed by atoms with van der Waals surface area (Å²) >= 11 is 0. The molecule has 2 unspecified atom stereocenters. The minimum Gasteiger partial charge on any atom is -0.0622 e. The van der Waals surface area contributed by atoms with E-state index in [0.29, 0.717) is 0 Å². The highest BCUT2D eigenvalue weighted by Crippen LogP contribution is 2.69. The van der Waals surface area contributed by atoms with Gasteiger partial charge in [0, 0.05) is 10.8 Å². The highest BCUT2D eigenvalue weighted by atomic mass is 14.6. The van der Waals surface area contributed by atoms with Gasteiger partial charge < -0.3 is 0 Å². The van der Waals surface area contributed by atoms with Crippen molar-refractivity contribution in [3.8, 4) is 0 Å². The van der Waals surface area contributed by atoms with E-state index in [1.54, 1.807) is 22.3 Å². The second-order valence-corrected chi connectivity index (χ2v) is 14.1. The summed E-state index contributed by atoms with van der Waals surface area (Å²) in [5, 5.41) is 0. The molecule has 0 aromatic carbocycles. The quantitative estimate of drug-likeness (QED) is 0.352. The molecule has 0 aromatic heterocycles. The first-order valence-electron chi connectivity index (χ1n) is 13.2. The largest absolute Gasteiger partial charge is 0.0622 e. The predicted molar refractivity (Wildman–Crippen MR) is 143 cm³/mol. The lowest BCUT2D eigenvalue weighted by molar-refractivity contribution is 0.238. The van der Waals surface area contributed by atoms with Gasteiger partial charge in [-0.25, -0.2) is 0 Å². The second-order valence-electron chi connectivity index (χ2n) is 14.1. The molecule has 1 saturated carbocycles. The zero-order chi connectivity index (χ0) is 24.1. The monoisotopic (exact) mass is 440 g/mol. The van der Waals surface area contributed by atoms with Crippen LogP contribution in [0.1, 0.15) is 88.5 Å². The molecule has 0 heterocycles. The Hall–Kier alpha value is -1.82. The van der Waals surface area contributed by atoms with Crippen molar-refractivity contribution in [2.75, 3.05) is 0 Å². The Morgan fingerprint density at radius 1 is 0.636 bits per heavy atom. The third kappa shape index (κ3) is 3.08. The molecule has 0 aliphatic heterocycles. The van der Waals surface area contributed by atoms with Crippen LogP contribution in [0.4, 0.5) is 0 Å². The smallest absolute Gasteiger partial charge is 0.0312 e. The molecule has 0 spiro atoms. The molecule has 4 atom stereocenters. The van der Waals surface area contributed by atoms with E-state index in [4.69, 9.17) is 0 Å². The van der Waals surface area contributed by atoms with Gasteiger partial charge >= 0.3 is 0 Å². The maximum atomic E-state index is 2.61. The molecule has 0 amide bonds. The Balaban J connectivity index is 1.92. The fourth-order valence-corrected chi connectivity index (χ4v) is 7.33. The first kappa shape index (κ1) is 22.9. The van der Waals surface area contributed by atoms with Crippen LogP contribution in [-0.4, -0.2) is 0 Å². The molecule has 176 valence electrons. The van der Waals surface area contributed by atoms with Gasteiger partial charge in [0.25, 0.3) is 0 Å². The lowest BCUT2D eigenvalue weighted by Gasteiger charge is -2.59. The molecule has 1 fully saturated rings. The number of allylic oxidation sites excluding steroid dienone is 14. The van der Waals surface area contributed by atoms with Crippen LogP contribution in [0.5, 0.6) is 0 Å². The van der Waals surface area contributed by atoms with Crippen molar-refractivity contribution in [1.82, 2.24) is 0 Å². The van der Waals surface area contributed by atoms with E-state index >= 15 is 0 Å². The van der Waals surface area contributed by atoms with Crippen molar-refractivity contribution in [2.24, 2.45) is 33.5 Å².